The molecule has 5 heteroatoms. The highest BCUT2D eigenvalue weighted by Gasteiger charge is 2.08. The van der Waals surface area contributed by atoms with Crippen LogP contribution in [-0.4, -0.2) is 43.6 Å². The molecular formula is C13H21N5. The van der Waals surface area contributed by atoms with E-state index < -0.39 is 0 Å². The van der Waals surface area contributed by atoms with Gasteiger partial charge in [-0.1, -0.05) is 0 Å². The van der Waals surface area contributed by atoms with E-state index in [0.29, 0.717) is 11.4 Å². The fraction of sp³-hybridized carbons (Fsp3) is 0.538. The van der Waals surface area contributed by atoms with E-state index >= 15 is 0 Å². The van der Waals surface area contributed by atoms with Gasteiger partial charge >= 0.3 is 0 Å². The summed E-state index contributed by atoms with van der Waals surface area (Å²) < 4.78 is 0. The van der Waals surface area contributed by atoms with Crippen LogP contribution < -0.4 is 10.6 Å². The Morgan fingerprint density at radius 3 is 2.61 bits per heavy atom. The van der Waals surface area contributed by atoms with Gasteiger partial charge in [-0.15, -0.1) is 0 Å². The molecule has 1 aromatic heterocycles. The smallest absolute Gasteiger partial charge is 0.165 e. The molecule has 0 aliphatic carbocycles. The van der Waals surface area contributed by atoms with Crippen molar-refractivity contribution in [1.82, 2.24) is 9.88 Å². The first kappa shape index (κ1) is 14.3. The predicted octanol–water partition coefficient (Wildman–Crippen LogP) is 1.31. The Balaban J connectivity index is 2.73. The largest absolute Gasteiger partial charge is 0.396 e. The molecule has 0 aliphatic rings. The lowest BCUT2D eigenvalue weighted by atomic mass is 10.3. The minimum absolute atomic E-state index is 0.304. The third-order valence-corrected chi connectivity index (χ3v) is 2.76. The first-order chi connectivity index (χ1) is 8.58. The minimum atomic E-state index is 0.304. The third kappa shape index (κ3) is 3.90. The number of hydrogen-bond donors (Lipinski definition) is 1. The maximum absolute atomic E-state index is 8.93. The van der Waals surface area contributed by atoms with Crippen LogP contribution in [0, 0.1) is 11.3 Å². The topological polar surface area (TPSA) is 69.2 Å². The first-order valence-corrected chi connectivity index (χ1v) is 6.14. The molecule has 0 unspecified atom stereocenters. The number of hydrogen-bond acceptors (Lipinski definition) is 5. The number of nitrogen functional groups attached to an aromatic ring is 1. The third-order valence-electron chi connectivity index (χ3n) is 2.76. The monoisotopic (exact) mass is 247 g/mol. The number of rotatable bonds is 6. The van der Waals surface area contributed by atoms with Gasteiger partial charge in [0, 0.05) is 13.1 Å². The lowest BCUT2D eigenvalue weighted by Gasteiger charge is -2.23. The maximum atomic E-state index is 8.93. The molecule has 18 heavy (non-hydrogen) atoms. The fourth-order valence-electron chi connectivity index (χ4n) is 1.74. The molecule has 1 rings (SSSR count). The summed E-state index contributed by atoms with van der Waals surface area (Å²) in [4.78, 5) is 8.60. The number of nitrogens with two attached hydrogens (primary N) is 1. The van der Waals surface area contributed by atoms with E-state index in [-0.39, 0.29) is 0 Å². The Bertz CT molecular complexity index is 422. The molecule has 1 heterocycles. The lowest BCUT2D eigenvalue weighted by molar-refractivity contribution is 0.400. The average molecular weight is 247 g/mol. The second kappa shape index (κ2) is 6.82. The molecule has 0 spiro atoms. The molecule has 0 atom stereocenters. The molecular weight excluding hydrogens is 226 g/mol. The Hall–Kier alpha value is -1.80. The van der Waals surface area contributed by atoms with Crippen molar-refractivity contribution in [3.63, 3.8) is 0 Å². The standard InChI is InChI=1S/C13H21N5/c1-4-18(9-5-8-17(2)3)13-7-6-11(15)12(10-14)16-13/h6-7H,4-5,8-9,15H2,1-3H3. The van der Waals surface area contributed by atoms with E-state index in [1.165, 1.54) is 0 Å². The summed E-state index contributed by atoms with van der Waals surface area (Å²) in [6.07, 6.45) is 1.06. The molecule has 1 aromatic rings. The van der Waals surface area contributed by atoms with Gasteiger partial charge in [0.1, 0.15) is 11.9 Å². The molecule has 5 nitrogen and oxygen atoms in total. The maximum Gasteiger partial charge on any atom is 0.165 e. The van der Waals surface area contributed by atoms with Crippen molar-refractivity contribution < 1.29 is 0 Å². The number of nitriles is 1. The summed E-state index contributed by atoms with van der Waals surface area (Å²) in [7, 11) is 4.12. The van der Waals surface area contributed by atoms with Gasteiger partial charge in [0.2, 0.25) is 0 Å². The van der Waals surface area contributed by atoms with Crippen LogP contribution in [0.1, 0.15) is 19.0 Å². The molecule has 0 bridgehead atoms. The molecule has 0 amide bonds. The molecule has 0 radical (unpaired) electrons. The lowest BCUT2D eigenvalue weighted by Crippen LogP contribution is -2.28. The molecule has 2 N–H and O–H groups in total. The van der Waals surface area contributed by atoms with Crippen LogP contribution in [0.2, 0.25) is 0 Å². The van der Waals surface area contributed by atoms with Gasteiger partial charge in [-0.2, -0.15) is 5.26 Å². The van der Waals surface area contributed by atoms with Gasteiger partial charge in [-0.3, -0.25) is 0 Å². The molecule has 0 saturated heterocycles. The number of aromatic nitrogens is 1. The Morgan fingerprint density at radius 1 is 1.33 bits per heavy atom. The fourth-order valence-corrected chi connectivity index (χ4v) is 1.74. The van der Waals surface area contributed by atoms with Crippen molar-refractivity contribution in [1.29, 1.82) is 5.26 Å². The molecule has 98 valence electrons. The summed E-state index contributed by atoms with van der Waals surface area (Å²) in [6.45, 7) is 4.92. The van der Waals surface area contributed by atoms with E-state index in [9.17, 15) is 0 Å². The highest BCUT2D eigenvalue weighted by Crippen LogP contribution is 2.16. The zero-order valence-electron chi connectivity index (χ0n) is 11.3. The zero-order valence-corrected chi connectivity index (χ0v) is 11.3. The SMILES string of the molecule is CCN(CCCN(C)C)c1ccc(N)c(C#N)n1. The van der Waals surface area contributed by atoms with Crippen LogP contribution in [0.5, 0.6) is 0 Å². The van der Waals surface area contributed by atoms with E-state index in [1.807, 2.05) is 12.1 Å². The van der Waals surface area contributed by atoms with Crippen LogP contribution in [-0.2, 0) is 0 Å². The second-order valence-corrected chi connectivity index (χ2v) is 4.46. The molecule has 0 fully saturated rings. The van der Waals surface area contributed by atoms with Gasteiger partial charge in [-0.25, -0.2) is 4.98 Å². The van der Waals surface area contributed by atoms with Crippen molar-refractivity contribution in [2.45, 2.75) is 13.3 Å². The second-order valence-electron chi connectivity index (χ2n) is 4.46. The molecule has 0 aliphatic heterocycles. The predicted molar refractivity (Wildman–Crippen MR) is 74.4 cm³/mol. The summed E-state index contributed by atoms with van der Waals surface area (Å²) in [5, 5.41) is 8.93. The normalized spacial score (nSPS) is 10.4. The quantitative estimate of drug-likeness (QED) is 0.821. The molecule has 0 aromatic carbocycles. The van der Waals surface area contributed by atoms with Crippen LogP contribution in [0.3, 0.4) is 0 Å². The molecule has 0 saturated carbocycles. The summed E-state index contributed by atoms with van der Waals surface area (Å²) in [5.74, 6) is 0.821. The summed E-state index contributed by atoms with van der Waals surface area (Å²) in [5.41, 5.74) is 6.41. The van der Waals surface area contributed by atoms with Crippen molar-refractivity contribution >= 4 is 11.5 Å². The van der Waals surface area contributed by atoms with Gasteiger partial charge in [0.05, 0.1) is 5.69 Å². The van der Waals surface area contributed by atoms with Crippen LogP contribution in [0.4, 0.5) is 11.5 Å². The van der Waals surface area contributed by atoms with Crippen LogP contribution >= 0.6 is 0 Å². The average Bonchev–Trinajstić information content (AvgIpc) is 2.35. The number of anilines is 2. The minimum Gasteiger partial charge on any atom is -0.396 e. The van der Waals surface area contributed by atoms with Gasteiger partial charge < -0.3 is 15.5 Å². The van der Waals surface area contributed by atoms with Gasteiger partial charge in [0.25, 0.3) is 0 Å². The summed E-state index contributed by atoms with van der Waals surface area (Å²) >= 11 is 0. The van der Waals surface area contributed by atoms with Crippen molar-refractivity contribution in [2.75, 3.05) is 44.4 Å². The van der Waals surface area contributed by atoms with E-state index in [2.05, 4.69) is 35.8 Å². The van der Waals surface area contributed by atoms with Crippen LogP contribution in [0.15, 0.2) is 12.1 Å². The Morgan fingerprint density at radius 2 is 2.06 bits per heavy atom. The van der Waals surface area contributed by atoms with E-state index in [0.717, 1.165) is 31.9 Å². The van der Waals surface area contributed by atoms with E-state index in [4.69, 9.17) is 11.0 Å². The van der Waals surface area contributed by atoms with Crippen molar-refractivity contribution in [2.24, 2.45) is 0 Å². The first-order valence-electron chi connectivity index (χ1n) is 6.14. The van der Waals surface area contributed by atoms with Crippen molar-refractivity contribution in [3.05, 3.63) is 17.8 Å². The Kier molecular flexibility index (Phi) is 5.40. The van der Waals surface area contributed by atoms with E-state index in [1.54, 1.807) is 6.07 Å². The Labute approximate surface area is 109 Å². The highest BCUT2D eigenvalue weighted by molar-refractivity contribution is 5.55. The van der Waals surface area contributed by atoms with Crippen LogP contribution in [0.25, 0.3) is 0 Å². The van der Waals surface area contributed by atoms with Gasteiger partial charge in [0.15, 0.2) is 5.69 Å². The number of pyridine rings is 1. The van der Waals surface area contributed by atoms with Gasteiger partial charge in [-0.05, 0) is 46.1 Å². The highest BCUT2D eigenvalue weighted by atomic mass is 15.2. The zero-order chi connectivity index (χ0) is 13.5. The summed E-state index contributed by atoms with van der Waals surface area (Å²) in [6, 6.07) is 5.63. The number of nitrogens with zero attached hydrogens (tertiary/aromatic N) is 4. The van der Waals surface area contributed by atoms with Crippen molar-refractivity contribution in [3.8, 4) is 6.07 Å².